The molecule has 118 valence electrons. The summed E-state index contributed by atoms with van der Waals surface area (Å²) in [5.74, 6) is -3.94. The molecule has 0 saturated heterocycles. The van der Waals surface area contributed by atoms with Gasteiger partial charge in [0.2, 0.25) is 5.75 Å². The van der Waals surface area contributed by atoms with Crippen LogP contribution in [0, 0.1) is 0 Å². The smallest absolute Gasteiger partial charge is 0.478 e. The normalized spacial score (nSPS) is 12.0. The molecule has 1 rings (SSSR count). The van der Waals surface area contributed by atoms with Crippen molar-refractivity contribution in [1.29, 1.82) is 0 Å². The van der Waals surface area contributed by atoms with Gasteiger partial charge in [-0.05, 0) is 6.07 Å². The van der Waals surface area contributed by atoms with Gasteiger partial charge in [-0.2, -0.15) is 13.2 Å². The lowest BCUT2D eigenvalue weighted by molar-refractivity contribution is -0.275. The van der Waals surface area contributed by atoms with Gasteiger partial charge < -0.3 is 14.2 Å². The van der Waals surface area contributed by atoms with Crippen LogP contribution in [0.3, 0.4) is 0 Å². The van der Waals surface area contributed by atoms with Crippen molar-refractivity contribution in [3.63, 3.8) is 0 Å². The lowest BCUT2D eigenvalue weighted by Gasteiger charge is -2.16. The van der Waals surface area contributed by atoms with Gasteiger partial charge in [-0.1, -0.05) is 0 Å². The van der Waals surface area contributed by atoms with Gasteiger partial charge >= 0.3 is 18.5 Å². The zero-order valence-corrected chi connectivity index (χ0v) is 10.4. The molecule has 0 aliphatic carbocycles. The quantitative estimate of drug-likeness (QED) is 0.633. The van der Waals surface area contributed by atoms with Crippen LogP contribution < -0.4 is 9.47 Å². The summed E-state index contributed by atoms with van der Waals surface area (Å²) < 4.78 is 86.5. The predicted octanol–water partition coefficient (Wildman–Crippen LogP) is 2.79. The summed E-state index contributed by atoms with van der Waals surface area (Å²) in [5, 5.41) is 0. The highest BCUT2D eigenvalue weighted by molar-refractivity contribution is 5.93. The SMILES string of the molecule is COC(=O)c1cc(C(F)(F)F)nc(OC)c1OC(F)(F)F. The molecule has 0 spiro atoms. The van der Waals surface area contributed by atoms with Gasteiger partial charge in [-0.25, -0.2) is 9.78 Å². The number of rotatable bonds is 3. The van der Waals surface area contributed by atoms with Crippen LogP contribution in [0.15, 0.2) is 6.07 Å². The minimum Gasteiger partial charge on any atom is -0.478 e. The molecule has 5 nitrogen and oxygen atoms in total. The molecule has 0 atom stereocenters. The van der Waals surface area contributed by atoms with Crippen LogP contribution in [-0.4, -0.2) is 31.5 Å². The van der Waals surface area contributed by atoms with E-state index in [9.17, 15) is 31.1 Å². The van der Waals surface area contributed by atoms with E-state index in [0.717, 1.165) is 14.2 Å². The molecule has 0 fully saturated rings. The zero-order valence-electron chi connectivity index (χ0n) is 10.4. The molecule has 1 aromatic heterocycles. The van der Waals surface area contributed by atoms with E-state index in [1.165, 1.54) is 0 Å². The van der Waals surface area contributed by atoms with Crippen LogP contribution >= 0.6 is 0 Å². The average Bonchev–Trinajstić information content (AvgIpc) is 2.34. The van der Waals surface area contributed by atoms with Crippen molar-refractivity contribution in [2.45, 2.75) is 12.5 Å². The molecule has 0 unspecified atom stereocenters. The third-order valence-electron chi connectivity index (χ3n) is 2.05. The maximum Gasteiger partial charge on any atom is 0.573 e. The third-order valence-corrected chi connectivity index (χ3v) is 2.05. The van der Waals surface area contributed by atoms with Crippen LogP contribution in [0.4, 0.5) is 26.3 Å². The number of pyridine rings is 1. The molecule has 11 heteroatoms. The van der Waals surface area contributed by atoms with Crippen molar-refractivity contribution in [3.8, 4) is 11.6 Å². The third kappa shape index (κ3) is 4.13. The molecule has 0 saturated carbocycles. The second kappa shape index (κ2) is 5.66. The second-order valence-electron chi connectivity index (χ2n) is 3.43. The summed E-state index contributed by atoms with van der Waals surface area (Å²) in [5.41, 5.74) is -2.75. The van der Waals surface area contributed by atoms with Gasteiger partial charge in [0.05, 0.1) is 14.2 Å². The van der Waals surface area contributed by atoms with Crippen molar-refractivity contribution < 1.29 is 45.3 Å². The molecular formula is C10H7F6NO4. The van der Waals surface area contributed by atoms with Crippen LogP contribution in [0.5, 0.6) is 11.6 Å². The van der Waals surface area contributed by atoms with E-state index >= 15 is 0 Å². The first-order chi connectivity index (χ1) is 9.49. The lowest BCUT2D eigenvalue weighted by Crippen LogP contribution is -2.21. The molecule has 21 heavy (non-hydrogen) atoms. The second-order valence-corrected chi connectivity index (χ2v) is 3.43. The van der Waals surface area contributed by atoms with Gasteiger partial charge in [0.1, 0.15) is 11.3 Å². The standard InChI is InChI=1S/C10H7F6NO4/c1-19-7-6(21-10(14,15)16)4(8(18)20-2)3-5(17-7)9(11,12)13/h3H,1-2H3. The minimum atomic E-state index is -5.27. The Bertz CT molecular complexity index is 540. The number of carbonyl (C=O) groups is 1. The first-order valence-electron chi connectivity index (χ1n) is 5.00. The molecular weight excluding hydrogens is 312 g/mol. The van der Waals surface area contributed by atoms with E-state index in [1.807, 2.05) is 0 Å². The Balaban J connectivity index is 3.56. The number of hydrogen-bond acceptors (Lipinski definition) is 5. The Labute approximate surface area is 113 Å². The van der Waals surface area contributed by atoms with Crippen molar-refractivity contribution in [1.82, 2.24) is 4.98 Å². The maximum absolute atomic E-state index is 12.6. The predicted molar refractivity (Wildman–Crippen MR) is 53.8 cm³/mol. The highest BCUT2D eigenvalue weighted by Gasteiger charge is 2.40. The van der Waals surface area contributed by atoms with Crippen LogP contribution in [0.1, 0.15) is 16.1 Å². The Morgan fingerprint density at radius 1 is 1.14 bits per heavy atom. The van der Waals surface area contributed by atoms with Gasteiger partial charge in [-0.15, -0.1) is 13.2 Å². The van der Waals surface area contributed by atoms with E-state index in [1.54, 1.807) is 0 Å². The fourth-order valence-corrected chi connectivity index (χ4v) is 1.27. The van der Waals surface area contributed by atoms with Crippen molar-refractivity contribution in [2.24, 2.45) is 0 Å². The summed E-state index contributed by atoms with van der Waals surface area (Å²) in [6.45, 7) is 0. The maximum atomic E-state index is 12.6. The summed E-state index contributed by atoms with van der Waals surface area (Å²) >= 11 is 0. The Kier molecular flexibility index (Phi) is 4.54. The summed E-state index contributed by atoms with van der Waals surface area (Å²) in [4.78, 5) is 14.2. The number of esters is 1. The minimum absolute atomic E-state index is 0.0788. The average molecular weight is 319 g/mol. The number of halogens is 6. The van der Waals surface area contributed by atoms with Crippen LogP contribution in [-0.2, 0) is 10.9 Å². The Morgan fingerprint density at radius 2 is 1.71 bits per heavy atom. The van der Waals surface area contributed by atoms with E-state index in [4.69, 9.17) is 0 Å². The summed E-state index contributed by atoms with van der Waals surface area (Å²) in [6, 6.07) is 0.0788. The molecule has 0 N–H and O–H groups in total. The molecule has 0 amide bonds. The van der Waals surface area contributed by atoms with E-state index in [2.05, 4.69) is 19.2 Å². The van der Waals surface area contributed by atoms with E-state index < -0.39 is 41.4 Å². The van der Waals surface area contributed by atoms with Crippen LogP contribution in [0.25, 0.3) is 0 Å². The number of nitrogens with zero attached hydrogens (tertiary/aromatic N) is 1. The number of methoxy groups -OCH3 is 2. The van der Waals surface area contributed by atoms with Crippen LogP contribution in [0.2, 0.25) is 0 Å². The number of hydrogen-bond donors (Lipinski definition) is 0. The topological polar surface area (TPSA) is 57.7 Å². The van der Waals surface area contributed by atoms with E-state index in [-0.39, 0.29) is 6.07 Å². The number of carbonyl (C=O) groups excluding carboxylic acids is 1. The number of alkyl halides is 6. The van der Waals surface area contributed by atoms with Gasteiger partial charge in [0, 0.05) is 0 Å². The molecule has 0 aromatic carbocycles. The van der Waals surface area contributed by atoms with Gasteiger partial charge in [0.25, 0.3) is 5.88 Å². The molecule has 0 aliphatic rings. The Hall–Kier alpha value is -2.20. The van der Waals surface area contributed by atoms with Crippen molar-refractivity contribution >= 4 is 5.97 Å². The summed E-state index contributed by atoms with van der Waals surface area (Å²) in [6.07, 6.45) is -10.3. The lowest BCUT2D eigenvalue weighted by atomic mass is 10.2. The monoisotopic (exact) mass is 319 g/mol. The zero-order chi connectivity index (χ0) is 16.4. The number of ether oxygens (including phenoxy) is 3. The first kappa shape index (κ1) is 16.9. The van der Waals surface area contributed by atoms with E-state index in [0.29, 0.717) is 0 Å². The Morgan fingerprint density at radius 3 is 2.10 bits per heavy atom. The molecule has 0 radical (unpaired) electrons. The highest BCUT2D eigenvalue weighted by Crippen LogP contribution is 2.38. The van der Waals surface area contributed by atoms with Crippen molar-refractivity contribution in [3.05, 3.63) is 17.3 Å². The highest BCUT2D eigenvalue weighted by atomic mass is 19.4. The first-order valence-corrected chi connectivity index (χ1v) is 5.00. The largest absolute Gasteiger partial charge is 0.573 e. The fourth-order valence-electron chi connectivity index (χ4n) is 1.27. The fraction of sp³-hybridized carbons (Fsp3) is 0.400. The number of aromatic nitrogens is 1. The molecule has 1 aromatic rings. The van der Waals surface area contributed by atoms with Gasteiger partial charge in [-0.3, -0.25) is 0 Å². The van der Waals surface area contributed by atoms with Crippen molar-refractivity contribution in [2.75, 3.05) is 14.2 Å². The summed E-state index contributed by atoms with van der Waals surface area (Å²) in [7, 11) is 1.55. The molecule has 0 bridgehead atoms. The molecule has 1 heterocycles. The van der Waals surface area contributed by atoms with Gasteiger partial charge in [0.15, 0.2) is 0 Å². The molecule has 0 aliphatic heterocycles.